The van der Waals surface area contributed by atoms with Gasteiger partial charge in [-0.25, -0.2) is 17.9 Å². The number of nitrogens with one attached hydrogen (secondary N) is 1. The van der Waals surface area contributed by atoms with E-state index in [9.17, 15) is 13.2 Å². The van der Waals surface area contributed by atoms with E-state index in [0.29, 0.717) is 22.0 Å². The van der Waals surface area contributed by atoms with Crippen LogP contribution in [0.15, 0.2) is 65.7 Å². The number of ether oxygens (including phenoxy) is 1. The zero-order chi connectivity index (χ0) is 23.5. The molecule has 0 bridgehead atoms. The largest absolute Gasteiger partial charge is 0.489 e. The molecule has 168 valence electrons. The number of hydrogen-bond donors (Lipinski definition) is 2. The summed E-state index contributed by atoms with van der Waals surface area (Å²) in [5.74, 6) is -0.480. The van der Waals surface area contributed by atoms with Crippen molar-refractivity contribution in [3.8, 4) is 17.0 Å². The Labute approximate surface area is 192 Å². The minimum Gasteiger partial charge on any atom is -0.489 e. The number of carboxylic acid groups (broad SMARTS) is 1. The number of sulfonamides is 1. The minimum atomic E-state index is -3.79. The molecular formula is C23H23ClN2O5S. The zero-order valence-electron chi connectivity index (χ0n) is 17.8. The maximum absolute atomic E-state index is 12.9. The van der Waals surface area contributed by atoms with E-state index in [0.717, 1.165) is 5.56 Å². The second-order valence-corrected chi connectivity index (χ2v) is 10.3. The highest BCUT2D eigenvalue weighted by Gasteiger charge is 2.25. The van der Waals surface area contributed by atoms with Gasteiger partial charge in [0.25, 0.3) is 0 Å². The van der Waals surface area contributed by atoms with E-state index in [1.54, 1.807) is 57.3 Å². The molecular weight excluding hydrogens is 452 g/mol. The average molecular weight is 475 g/mol. The van der Waals surface area contributed by atoms with Crippen molar-refractivity contribution in [2.75, 3.05) is 0 Å². The van der Waals surface area contributed by atoms with Crippen molar-refractivity contribution in [2.24, 2.45) is 0 Å². The fourth-order valence-corrected chi connectivity index (χ4v) is 4.71. The Kier molecular flexibility index (Phi) is 6.88. The fourth-order valence-electron chi connectivity index (χ4n) is 2.92. The summed E-state index contributed by atoms with van der Waals surface area (Å²) in [6, 6.07) is 14.1. The molecule has 0 aliphatic carbocycles. The third-order valence-electron chi connectivity index (χ3n) is 4.28. The second kappa shape index (κ2) is 9.28. The number of hydrogen-bond acceptors (Lipinski definition) is 5. The highest BCUT2D eigenvalue weighted by Crippen LogP contribution is 2.30. The predicted molar refractivity (Wildman–Crippen MR) is 122 cm³/mol. The monoisotopic (exact) mass is 474 g/mol. The highest BCUT2D eigenvalue weighted by molar-refractivity contribution is 7.89. The first-order chi connectivity index (χ1) is 14.9. The number of nitrogens with zero attached hydrogens (tertiary/aromatic N) is 1. The summed E-state index contributed by atoms with van der Waals surface area (Å²) < 4.78 is 34.1. The van der Waals surface area contributed by atoms with Crippen LogP contribution in [-0.2, 0) is 16.6 Å². The number of carboxylic acids is 1. The lowest BCUT2D eigenvalue weighted by atomic mass is 10.1. The molecule has 0 unspecified atom stereocenters. The minimum absolute atomic E-state index is 0.0897. The lowest BCUT2D eigenvalue weighted by Gasteiger charge is -2.21. The van der Waals surface area contributed by atoms with Gasteiger partial charge < -0.3 is 9.84 Å². The van der Waals surface area contributed by atoms with Crippen molar-refractivity contribution < 1.29 is 23.1 Å². The third kappa shape index (κ3) is 6.06. The summed E-state index contributed by atoms with van der Waals surface area (Å²) in [6.07, 6.45) is 1.59. The van der Waals surface area contributed by atoms with E-state index in [2.05, 4.69) is 9.71 Å². The van der Waals surface area contributed by atoms with Crippen molar-refractivity contribution in [3.63, 3.8) is 0 Å². The zero-order valence-corrected chi connectivity index (χ0v) is 19.4. The maximum atomic E-state index is 12.9. The first-order valence-electron chi connectivity index (χ1n) is 9.70. The number of aromatic carboxylic acids is 1. The molecule has 0 aliphatic heterocycles. The van der Waals surface area contributed by atoms with Gasteiger partial charge in [-0.15, -0.1) is 0 Å². The molecule has 1 heterocycles. The van der Waals surface area contributed by atoms with Crippen molar-refractivity contribution in [3.05, 3.63) is 76.9 Å². The number of halogens is 1. The molecule has 0 saturated heterocycles. The number of carbonyl (C=O) groups is 1. The van der Waals surface area contributed by atoms with Crippen LogP contribution in [0.25, 0.3) is 11.3 Å². The van der Waals surface area contributed by atoms with E-state index >= 15 is 0 Å². The van der Waals surface area contributed by atoms with Crippen molar-refractivity contribution in [1.82, 2.24) is 9.71 Å². The molecule has 7 nitrogen and oxygen atoms in total. The van der Waals surface area contributed by atoms with Crippen LogP contribution in [0.2, 0.25) is 5.02 Å². The Balaban J connectivity index is 1.81. The molecule has 32 heavy (non-hydrogen) atoms. The van der Waals surface area contributed by atoms with E-state index in [1.165, 1.54) is 24.3 Å². The summed E-state index contributed by atoms with van der Waals surface area (Å²) in [5, 5.41) is 9.34. The van der Waals surface area contributed by atoms with E-state index in [1.807, 2.05) is 0 Å². The lowest BCUT2D eigenvalue weighted by molar-refractivity contribution is 0.0697. The lowest BCUT2D eigenvalue weighted by Crippen LogP contribution is -2.40. The van der Waals surface area contributed by atoms with Crippen LogP contribution >= 0.6 is 11.6 Å². The molecule has 2 aromatic carbocycles. The Morgan fingerprint density at radius 1 is 1.09 bits per heavy atom. The quantitative estimate of drug-likeness (QED) is 0.511. The number of pyridine rings is 1. The van der Waals surface area contributed by atoms with Crippen LogP contribution in [0.5, 0.6) is 5.75 Å². The standard InChI is InChI=1S/C23H23ClN2O5S/c1-23(2,3)26-32(29,30)21-11-7-17(24)12-19(21)20-10-4-15(13-25-20)14-31-18-8-5-16(6-9-18)22(27)28/h4-13,26H,14H2,1-3H3,(H,27,28). The molecule has 9 heteroatoms. The molecule has 0 fully saturated rings. The number of aromatic nitrogens is 1. The smallest absolute Gasteiger partial charge is 0.335 e. The van der Waals surface area contributed by atoms with Crippen molar-refractivity contribution in [2.45, 2.75) is 37.8 Å². The molecule has 0 atom stereocenters. The number of rotatable bonds is 7. The SMILES string of the molecule is CC(C)(C)NS(=O)(=O)c1ccc(Cl)cc1-c1ccc(COc2ccc(C(=O)O)cc2)cn1. The van der Waals surface area contributed by atoms with Gasteiger partial charge in [-0.1, -0.05) is 17.7 Å². The van der Waals surface area contributed by atoms with E-state index in [-0.39, 0.29) is 17.1 Å². The summed E-state index contributed by atoms with van der Waals surface area (Å²) in [4.78, 5) is 15.4. The van der Waals surface area contributed by atoms with Crippen molar-refractivity contribution >= 4 is 27.6 Å². The molecule has 3 aromatic rings. The van der Waals surface area contributed by atoms with Gasteiger partial charge in [0, 0.05) is 27.9 Å². The normalized spacial score (nSPS) is 11.9. The van der Waals surface area contributed by atoms with Crippen molar-refractivity contribution in [1.29, 1.82) is 0 Å². The fraction of sp³-hybridized carbons (Fsp3) is 0.217. The topological polar surface area (TPSA) is 106 Å². The van der Waals surface area contributed by atoms with Gasteiger partial charge in [0.15, 0.2) is 0 Å². The molecule has 0 amide bonds. The van der Waals surface area contributed by atoms with Gasteiger partial charge in [0.05, 0.1) is 16.2 Å². The second-order valence-electron chi connectivity index (χ2n) is 8.17. The van der Waals surface area contributed by atoms with Crippen LogP contribution in [0.4, 0.5) is 0 Å². The van der Waals surface area contributed by atoms with Crippen LogP contribution in [0.3, 0.4) is 0 Å². The molecule has 2 N–H and O–H groups in total. The Hall–Kier alpha value is -2.94. The van der Waals surface area contributed by atoms with Gasteiger partial charge >= 0.3 is 5.97 Å². The van der Waals surface area contributed by atoms with Crippen LogP contribution in [-0.4, -0.2) is 30.0 Å². The summed E-state index contributed by atoms with van der Waals surface area (Å²) in [7, 11) is -3.79. The van der Waals surface area contributed by atoms with Gasteiger partial charge in [-0.05, 0) is 69.3 Å². The van der Waals surface area contributed by atoms with Gasteiger partial charge in [-0.3, -0.25) is 4.98 Å². The van der Waals surface area contributed by atoms with Crippen LogP contribution < -0.4 is 9.46 Å². The van der Waals surface area contributed by atoms with Gasteiger partial charge in [-0.2, -0.15) is 0 Å². The third-order valence-corrected chi connectivity index (χ3v) is 6.33. The van der Waals surface area contributed by atoms with Gasteiger partial charge in [0.1, 0.15) is 12.4 Å². The molecule has 1 aromatic heterocycles. The van der Waals surface area contributed by atoms with E-state index in [4.69, 9.17) is 21.4 Å². The van der Waals surface area contributed by atoms with Gasteiger partial charge in [0.2, 0.25) is 10.0 Å². The summed E-state index contributed by atoms with van der Waals surface area (Å²) in [5.41, 5.74) is 1.14. The van der Waals surface area contributed by atoms with E-state index < -0.39 is 21.5 Å². The maximum Gasteiger partial charge on any atom is 0.335 e. The summed E-state index contributed by atoms with van der Waals surface area (Å²) in [6.45, 7) is 5.51. The molecule has 3 rings (SSSR count). The molecule has 0 radical (unpaired) electrons. The number of benzene rings is 2. The molecule has 0 spiro atoms. The Morgan fingerprint density at radius 3 is 2.34 bits per heavy atom. The average Bonchev–Trinajstić information content (AvgIpc) is 2.71. The first kappa shape index (κ1) is 23.7. The molecule has 0 aliphatic rings. The van der Waals surface area contributed by atoms with Crippen LogP contribution in [0.1, 0.15) is 36.7 Å². The molecule has 0 saturated carbocycles. The highest BCUT2D eigenvalue weighted by atomic mass is 35.5. The summed E-state index contributed by atoms with van der Waals surface area (Å²) >= 11 is 6.13. The predicted octanol–water partition coefficient (Wildman–Crippen LogP) is 4.76. The Bertz CT molecular complexity index is 1220. The first-order valence-corrected chi connectivity index (χ1v) is 11.6. The Morgan fingerprint density at radius 2 is 1.78 bits per heavy atom. The van der Waals surface area contributed by atoms with Crippen LogP contribution in [0, 0.1) is 0 Å².